The average molecular weight is 489 g/mol. The number of benzene rings is 3. The van der Waals surface area contributed by atoms with Crippen molar-refractivity contribution in [3.8, 4) is 22.4 Å². The van der Waals surface area contributed by atoms with Gasteiger partial charge in [0, 0.05) is 0 Å². The van der Waals surface area contributed by atoms with E-state index >= 15 is 4.39 Å². The van der Waals surface area contributed by atoms with E-state index in [1.807, 2.05) is 43.6 Å². The van der Waals surface area contributed by atoms with Crippen LogP contribution in [0.2, 0.25) is 5.32 Å². The Morgan fingerprint density at radius 3 is 2.66 bits per heavy atom. The zero-order valence-corrected chi connectivity index (χ0v) is 19.6. The van der Waals surface area contributed by atoms with Crippen LogP contribution in [0.25, 0.3) is 44.3 Å². The molecule has 0 spiro atoms. The quantitative estimate of drug-likeness (QED) is 0.223. The Labute approximate surface area is 195 Å². The first-order valence-electron chi connectivity index (χ1n) is 11.7. The van der Waals surface area contributed by atoms with Gasteiger partial charge in [-0.05, 0) is 0 Å². The molecule has 0 atom stereocenters. The molecule has 0 radical (unpaired) electrons. The number of furan rings is 1. The van der Waals surface area contributed by atoms with Gasteiger partial charge in [0.25, 0.3) is 0 Å². The van der Waals surface area contributed by atoms with Crippen molar-refractivity contribution in [3.05, 3.63) is 83.8 Å². The molecule has 0 bridgehead atoms. The molecule has 1 aliphatic rings. The first-order valence-corrected chi connectivity index (χ1v) is 12.8. The Bertz CT molecular complexity index is 1610. The normalized spacial score (nSPS) is 16.1. The van der Waals surface area contributed by atoms with E-state index in [2.05, 4.69) is 29.7 Å². The number of pyridine rings is 1. The maximum atomic E-state index is 15.4. The summed E-state index contributed by atoms with van der Waals surface area (Å²) in [7, 11) is 2.01. The summed E-state index contributed by atoms with van der Waals surface area (Å²) >= 11 is 0.182. The summed E-state index contributed by atoms with van der Waals surface area (Å²) < 4.78 is 41.6. The van der Waals surface area contributed by atoms with Gasteiger partial charge in [0.15, 0.2) is 0 Å². The Morgan fingerprint density at radius 2 is 1.81 bits per heavy atom. The number of rotatable bonds is 2. The molecule has 32 heavy (non-hydrogen) atoms. The molecule has 6 rings (SSSR count). The summed E-state index contributed by atoms with van der Waals surface area (Å²) in [6.07, 6.45) is 1.23. The molecule has 0 saturated carbocycles. The van der Waals surface area contributed by atoms with Gasteiger partial charge in [-0.25, -0.2) is 0 Å². The molecule has 5 aromatic rings. The van der Waals surface area contributed by atoms with E-state index in [-0.39, 0.29) is 20.8 Å². The topological polar surface area (TPSA) is 17.0 Å². The van der Waals surface area contributed by atoms with Gasteiger partial charge in [-0.3, -0.25) is 0 Å². The van der Waals surface area contributed by atoms with Crippen LogP contribution in [0.15, 0.2) is 71.3 Å². The van der Waals surface area contributed by atoms with Crippen molar-refractivity contribution in [1.29, 1.82) is 0 Å². The minimum absolute atomic E-state index is 0.182. The third-order valence-electron chi connectivity index (χ3n) is 6.22. The van der Waals surface area contributed by atoms with Crippen molar-refractivity contribution in [1.82, 2.24) is 0 Å². The molecule has 0 fully saturated rings. The van der Waals surface area contributed by atoms with Gasteiger partial charge in [-0.1, -0.05) is 0 Å². The zero-order valence-electron chi connectivity index (χ0n) is 19.9. The monoisotopic (exact) mass is 490 g/mol. The molecule has 3 heterocycles. The van der Waals surface area contributed by atoms with Crippen molar-refractivity contribution in [2.24, 2.45) is 7.05 Å². The molecule has 4 heteroatoms. The summed E-state index contributed by atoms with van der Waals surface area (Å²) in [5.74, 6) is -0.332. The summed E-state index contributed by atoms with van der Waals surface area (Å²) in [5, 5.41) is 2.69. The summed E-state index contributed by atoms with van der Waals surface area (Å²) in [6, 6.07) is 19.2. The molecule has 2 nitrogen and oxygen atoms in total. The zero-order chi connectivity index (χ0) is 23.6. The first-order chi connectivity index (χ1) is 16.3. The molecule has 0 saturated heterocycles. The van der Waals surface area contributed by atoms with Gasteiger partial charge in [0.1, 0.15) is 0 Å². The predicted molar refractivity (Wildman–Crippen MR) is 129 cm³/mol. The molecule has 3 aromatic carbocycles. The van der Waals surface area contributed by atoms with E-state index in [9.17, 15) is 0 Å². The van der Waals surface area contributed by atoms with Crippen LogP contribution in [-0.4, -0.2) is 15.0 Å². The number of aryl methyl sites for hydroxylation is 3. The standard InChI is InChI=1S/C28H23FNOSe/c1-17-8-11-20-21-12-13-22(29)26(19-10-9-18-6-5-15-32-24(18)16-19)28(21)31-27(20)25(17)23-7-3-4-14-30(23)2/h3-4,7-14,16H,5-6,15H2,1-2H3/q+1/i6D2. The van der Waals surface area contributed by atoms with E-state index in [1.54, 1.807) is 6.07 Å². The van der Waals surface area contributed by atoms with Gasteiger partial charge >= 0.3 is 196 Å². The van der Waals surface area contributed by atoms with Gasteiger partial charge < -0.3 is 0 Å². The fourth-order valence-electron chi connectivity index (χ4n) is 4.64. The van der Waals surface area contributed by atoms with Gasteiger partial charge in [0.05, 0.1) is 0 Å². The van der Waals surface area contributed by atoms with Crippen LogP contribution in [0.1, 0.15) is 20.3 Å². The van der Waals surface area contributed by atoms with Crippen molar-refractivity contribution < 1.29 is 16.1 Å². The third-order valence-corrected chi connectivity index (χ3v) is 8.44. The molecule has 0 aliphatic carbocycles. The fourth-order valence-corrected chi connectivity index (χ4v) is 6.59. The van der Waals surface area contributed by atoms with E-state index < -0.39 is 6.37 Å². The van der Waals surface area contributed by atoms with Crippen LogP contribution in [0.5, 0.6) is 0 Å². The molecule has 0 N–H and O–H groups in total. The van der Waals surface area contributed by atoms with Gasteiger partial charge in [0.2, 0.25) is 0 Å². The molecule has 158 valence electrons. The van der Waals surface area contributed by atoms with E-state index in [1.165, 1.54) is 6.07 Å². The van der Waals surface area contributed by atoms with Gasteiger partial charge in [-0.15, -0.1) is 0 Å². The van der Waals surface area contributed by atoms with Crippen molar-refractivity contribution in [3.63, 3.8) is 0 Å². The average Bonchev–Trinajstić information content (AvgIpc) is 3.17. The molecular weight excluding hydrogens is 464 g/mol. The number of nitrogens with zero attached hydrogens (tertiary/aromatic N) is 1. The minimum atomic E-state index is -1.32. The van der Waals surface area contributed by atoms with Crippen LogP contribution in [0, 0.1) is 12.7 Å². The molecule has 1 aliphatic heterocycles. The Balaban J connectivity index is 1.64. The summed E-state index contributed by atoms with van der Waals surface area (Å²) in [4.78, 5) is 0. The second-order valence-corrected chi connectivity index (χ2v) is 10.6. The Morgan fingerprint density at radius 1 is 1.00 bits per heavy atom. The van der Waals surface area contributed by atoms with Crippen LogP contribution < -0.4 is 9.03 Å². The van der Waals surface area contributed by atoms with Gasteiger partial charge in [-0.2, -0.15) is 0 Å². The third kappa shape index (κ3) is 3.02. The van der Waals surface area contributed by atoms with Crippen LogP contribution in [0.4, 0.5) is 4.39 Å². The van der Waals surface area contributed by atoms with Crippen molar-refractivity contribution in [2.75, 3.05) is 0 Å². The first kappa shape index (κ1) is 17.6. The van der Waals surface area contributed by atoms with E-state index in [4.69, 9.17) is 7.16 Å². The summed E-state index contributed by atoms with van der Waals surface area (Å²) in [5.41, 5.74) is 6.34. The molecule has 2 aromatic heterocycles. The van der Waals surface area contributed by atoms with Crippen molar-refractivity contribution >= 4 is 41.4 Å². The Kier molecular flexibility index (Phi) is 4.17. The SMILES string of the molecule is [2H]C1([2H])CC[Se]c2cc(-c3c(F)ccc4c3oc3c(-c5cccc[n+]5C)c(C)ccc34)ccc21. The number of hydrogen-bond donors (Lipinski definition) is 0. The van der Waals surface area contributed by atoms with Crippen molar-refractivity contribution in [2.45, 2.75) is 25.0 Å². The van der Waals surface area contributed by atoms with Crippen LogP contribution >= 0.6 is 0 Å². The van der Waals surface area contributed by atoms with Crippen LogP contribution in [-0.2, 0) is 13.4 Å². The van der Waals surface area contributed by atoms with E-state index in [0.29, 0.717) is 17.6 Å². The number of fused-ring (bicyclic) bond motifs is 4. The van der Waals surface area contributed by atoms with E-state index in [0.717, 1.165) is 54.1 Å². The van der Waals surface area contributed by atoms with Crippen LogP contribution in [0.3, 0.4) is 0 Å². The fraction of sp³-hybridized carbons (Fsp3) is 0.179. The predicted octanol–water partition coefficient (Wildman–Crippen LogP) is 5.89. The number of halogens is 1. The Hall–Kier alpha value is -2.94. The number of hydrogen-bond acceptors (Lipinski definition) is 1. The molecule has 0 amide bonds. The molecular formula is C28H23FNOSe+. The second kappa shape index (κ2) is 7.58. The number of aromatic nitrogens is 1. The summed E-state index contributed by atoms with van der Waals surface area (Å²) in [6.45, 7) is 2.07. The maximum absolute atomic E-state index is 15.4. The molecule has 0 unspecified atom stereocenters. The second-order valence-electron chi connectivity index (χ2n) is 8.22.